The van der Waals surface area contributed by atoms with Crippen LogP contribution in [0.4, 0.5) is 30.7 Å². The highest BCUT2D eigenvalue weighted by Crippen LogP contribution is 2.42. The molecular formula is C27H24F7N. The SMILES string of the molecule is CC(C)(C)c1ccc2c(c1)c1cc(C(C)(C)C)ccc1n2-c1c(F)c(F)c(C(F)(F)F)c(F)c1F. The minimum atomic E-state index is -5.61. The minimum absolute atomic E-state index is 0.204. The van der Waals surface area contributed by atoms with E-state index in [0.29, 0.717) is 10.8 Å². The van der Waals surface area contributed by atoms with Crippen LogP contribution in [0.2, 0.25) is 0 Å². The molecule has 8 heteroatoms. The maximum absolute atomic E-state index is 15.1. The Kier molecular flexibility index (Phi) is 5.54. The largest absolute Gasteiger partial charge is 0.422 e. The zero-order valence-electron chi connectivity index (χ0n) is 20.1. The summed E-state index contributed by atoms with van der Waals surface area (Å²) in [5.74, 6) is -9.21. The van der Waals surface area contributed by atoms with Crippen LogP contribution in [0.15, 0.2) is 36.4 Å². The molecule has 0 fully saturated rings. The van der Waals surface area contributed by atoms with Gasteiger partial charge in [-0.15, -0.1) is 0 Å². The Morgan fingerprint density at radius 1 is 0.571 bits per heavy atom. The molecule has 1 aromatic heterocycles. The summed E-state index contributed by atoms with van der Waals surface area (Å²) in [5, 5.41) is 1.11. The molecule has 4 aromatic rings. The number of fused-ring (bicyclic) bond motifs is 3. The van der Waals surface area contributed by atoms with Gasteiger partial charge in [0.05, 0.1) is 11.0 Å². The van der Waals surface area contributed by atoms with Gasteiger partial charge in [0.2, 0.25) is 0 Å². The average Bonchev–Trinajstić information content (AvgIpc) is 3.04. The Morgan fingerprint density at radius 3 is 1.26 bits per heavy atom. The zero-order chi connectivity index (χ0) is 26.2. The molecule has 0 amide bonds. The fraction of sp³-hybridized carbons (Fsp3) is 0.333. The number of halogens is 7. The van der Waals surface area contributed by atoms with Crippen LogP contribution >= 0.6 is 0 Å². The van der Waals surface area contributed by atoms with Gasteiger partial charge in [-0.2, -0.15) is 13.2 Å². The molecule has 186 valence electrons. The molecule has 0 spiro atoms. The van der Waals surface area contributed by atoms with Crippen molar-refractivity contribution in [3.8, 4) is 5.69 Å². The van der Waals surface area contributed by atoms with E-state index in [0.717, 1.165) is 15.7 Å². The van der Waals surface area contributed by atoms with Crippen LogP contribution in [0.25, 0.3) is 27.5 Å². The highest BCUT2D eigenvalue weighted by Gasteiger charge is 2.43. The number of benzene rings is 3. The maximum Gasteiger partial charge on any atom is 0.422 e. The second kappa shape index (κ2) is 7.73. The van der Waals surface area contributed by atoms with Crippen molar-refractivity contribution < 1.29 is 30.7 Å². The molecule has 35 heavy (non-hydrogen) atoms. The molecule has 0 radical (unpaired) electrons. The predicted molar refractivity (Wildman–Crippen MR) is 123 cm³/mol. The smallest absolute Gasteiger partial charge is 0.304 e. The summed E-state index contributed by atoms with van der Waals surface area (Å²) in [7, 11) is 0. The molecule has 0 unspecified atom stereocenters. The third kappa shape index (κ3) is 3.96. The van der Waals surface area contributed by atoms with E-state index in [1.54, 1.807) is 24.3 Å². The van der Waals surface area contributed by atoms with Gasteiger partial charge in [-0.05, 0) is 46.2 Å². The molecule has 0 saturated heterocycles. The van der Waals surface area contributed by atoms with Crippen molar-refractivity contribution in [2.24, 2.45) is 0 Å². The van der Waals surface area contributed by atoms with Crippen molar-refractivity contribution in [1.82, 2.24) is 4.57 Å². The Hall–Kier alpha value is -3.03. The highest BCUT2D eigenvalue weighted by molar-refractivity contribution is 6.10. The van der Waals surface area contributed by atoms with E-state index in [-0.39, 0.29) is 21.9 Å². The number of alkyl halides is 3. The first kappa shape index (κ1) is 25.1. The number of hydrogen-bond acceptors (Lipinski definition) is 0. The molecule has 0 bridgehead atoms. The summed E-state index contributed by atoms with van der Waals surface area (Å²) in [6, 6.07) is 10.2. The normalized spacial score (nSPS) is 13.3. The van der Waals surface area contributed by atoms with Crippen LogP contribution in [0.3, 0.4) is 0 Å². The van der Waals surface area contributed by atoms with Gasteiger partial charge in [0, 0.05) is 10.8 Å². The molecule has 0 saturated carbocycles. The fourth-order valence-electron chi connectivity index (χ4n) is 4.26. The lowest BCUT2D eigenvalue weighted by molar-refractivity contribution is -0.143. The van der Waals surface area contributed by atoms with E-state index in [1.807, 2.05) is 53.7 Å². The zero-order valence-corrected chi connectivity index (χ0v) is 20.1. The maximum atomic E-state index is 15.1. The first-order chi connectivity index (χ1) is 15.9. The lowest BCUT2D eigenvalue weighted by atomic mass is 9.85. The number of hydrogen-bond donors (Lipinski definition) is 0. The lowest BCUT2D eigenvalue weighted by Crippen LogP contribution is -2.18. The Labute approximate surface area is 198 Å². The van der Waals surface area contributed by atoms with Crippen LogP contribution < -0.4 is 0 Å². The molecule has 0 aliphatic rings. The van der Waals surface area contributed by atoms with E-state index >= 15 is 8.78 Å². The summed E-state index contributed by atoms with van der Waals surface area (Å²) in [5.41, 5.74) is -2.19. The Morgan fingerprint density at radius 2 is 0.943 bits per heavy atom. The first-order valence-corrected chi connectivity index (χ1v) is 11.0. The van der Waals surface area contributed by atoms with Crippen LogP contribution in [0, 0.1) is 23.3 Å². The van der Waals surface area contributed by atoms with Crippen molar-refractivity contribution in [1.29, 1.82) is 0 Å². The van der Waals surface area contributed by atoms with E-state index in [9.17, 15) is 22.0 Å². The van der Waals surface area contributed by atoms with Gasteiger partial charge in [-0.3, -0.25) is 0 Å². The van der Waals surface area contributed by atoms with Crippen molar-refractivity contribution in [3.63, 3.8) is 0 Å². The number of aromatic nitrogens is 1. The van der Waals surface area contributed by atoms with Gasteiger partial charge < -0.3 is 4.57 Å². The van der Waals surface area contributed by atoms with Crippen molar-refractivity contribution >= 4 is 21.8 Å². The van der Waals surface area contributed by atoms with E-state index < -0.39 is 40.7 Å². The van der Waals surface area contributed by atoms with Crippen molar-refractivity contribution in [2.75, 3.05) is 0 Å². The quantitative estimate of drug-likeness (QED) is 0.183. The van der Waals surface area contributed by atoms with Crippen LogP contribution in [-0.2, 0) is 17.0 Å². The van der Waals surface area contributed by atoms with Crippen LogP contribution in [0.5, 0.6) is 0 Å². The second-order valence-corrected chi connectivity index (χ2v) is 10.8. The standard InChI is InChI=1S/C27H24F7N/c1-25(2,3)13-7-9-17-15(11-13)16-12-14(26(4,5)6)8-10-18(16)35(17)24-22(30)20(28)19(27(32,33)34)21(29)23(24)31/h7-12H,1-6H3. The van der Waals surface area contributed by atoms with E-state index in [1.165, 1.54) is 0 Å². The molecule has 1 nitrogen and oxygen atoms in total. The first-order valence-electron chi connectivity index (χ1n) is 11.0. The van der Waals surface area contributed by atoms with Gasteiger partial charge >= 0.3 is 6.18 Å². The van der Waals surface area contributed by atoms with Crippen molar-refractivity contribution in [3.05, 3.63) is 76.4 Å². The predicted octanol–water partition coefficient (Wildman–Crippen LogP) is 8.95. The van der Waals surface area contributed by atoms with Gasteiger partial charge in [-0.1, -0.05) is 53.7 Å². The van der Waals surface area contributed by atoms with E-state index in [2.05, 4.69) is 0 Å². The summed E-state index contributed by atoms with van der Waals surface area (Å²) >= 11 is 0. The third-order valence-corrected chi connectivity index (χ3v) is 6.24. The van der Waals surface area contributed by atoms with E-state index in [4.69, 9.17) is 0 Å². The van der Waals surface area contributed by atoms with Gasteiger partial charge in [0.15, 0.2) is 23.3 Å². The topological polar surface area (TPSA) is 4.93 Å². The summed E-state index contributed by atoms with van der Waals surface area (Å²) in [4.78, 5) is 0. The molecule has 1 heterocycles. The lowest BCUT2D eigenvalue weighted by Gasteiger charge is -2.19. The average molecular weight is 495 g/mol. The molecule has 0 N–H and O–H groups in total. The summed E-state index contributed by atoms with van der Waals surface area (Å²) in [6.45, 7) is 11.9. The molecule has 0 aliphatic carbocycles. The number of rotatable bonds is 1. The Balaban J connectivity index is 2.20. The third-order valence-electron chi connectivity index (χ3n) is 6.24. The molecule has 4 rings (SSSR count). The van der Waals surface area contributed by atoms with Crippen LogP contribution in [-0.4, -0.2) is 4.57 Å². The molecule has 0 atom stereocenters. The monoisotopic (exact) mass is 495 g/mol. The minimum Gasteiger partial charge on any atom is -0.304 e. The summed E-state index contributed by atoms with van der Waals surface area (Å²) in [6.07, 6.45) is -5.61. The Bertz CT molecular complexity index is 1380. The number of nitrogens with zero attached hydrogens (tertiary/aromatic N) is 1. The fourth-order valence-corrected chi connectivity index (χ4v) is 4.26. The van der Waals surface area contributed by atoms with Gasteiger partial charge in [-0.25, -0.2) is 17.6 Å². The molecule has 3 aromatic carbocycles. The van der Waals surface area contributed by atoms with Gasteiger partial charge in [0.25, 0.3) is 0 Å². The summed E-state index contributed by atoms with van der Waals surface area (Å²) < 4.78 is 99.6. The molecular weight excluding hydrogens is 471 g/mol. The van der Waals surface area contributed by atoms with Crippen LogP contribution in [0.1, 0.15) is 58.2 Å². The highest BCUT2D eigenvalue weighted by atomic mass is 19.4. The second-order valence-electron chi connectivity index (χ2n) is 10.8. The van der Waals surface area contributed by atoms with Crippen molar-refractivity contribution in [2.45, 2.75) is 58.5 Å². The molecule has 0 aliphatic heterocycles. The van der Waals surface area contributed by atoms with Gasteiger partial charge in [0.1, 0.15) is 11.3 Å².